The van der Waals surface area contributed by atoms with Crippen LogP contribution >= 0.6 is 27.3 Å². The Kier molecular flexibility index (Phi) is 6.02. The van der Waals surface area contributed by atoms with Gasteiger partial charge in [0.25, 0.3) is 10.0 Å². The molecule has 1 amide bonds. The highest BCUT2D eigenvalue weighted by molar-refractivity contribution is 9.10. The molecule has 3 rings (SSSR count). The number of sulfonamides is 1. The molecule has 27 heavy (non-hydrogen) atoms. The Balaban J connectivity index is 1.85. The van der Waals surface area contributed by atoms with Crippen molar-refractivity contribution in [3.8, 4) is 0 Å². The summed E-state index contributed by atoms with van der Waals surface area (Å²) in [6.07, 6.45) is 0.744. The lowest BCUT2D eigenvalue weighted by Crippen LogP contribution is -2.38. The van der Waals surface area contributed by atoms with Gasteiger partial charge in [0.15, 0.2) is 0 Å². The molecule has 2 heterocycles. The quantitative estimate of drug-likeness (QED) is 0.680. The summed E-state index contributed by atoms with van der Waals surface area (Å²) in [5.41, 5.74) is 0.501. The summed E-state index contributed by atoms with van der Waals surface area (Å²) in [6, 6.07) is 7.93. The van der Waals surface area contributed by atoms with E-state index in [0.29, 0.717) is 12.1 Å². The molecule has 0 radical (unpaired) electrons. The van der Waals surface area contributed by atoms with E-state index in [9.17, 15) is 13.2 Å². The molecule has 9 heteroatoms. The molecule has 0 unspecified atom stereocenters. The molecule has 1 aromatic heterocycles. The van der Waals surface area contributed by atoms with E-state index >= 15 is 0 Å². The lowest BCUT2D eigenvalue weighted by molar-refractivity contribution is -0.123. The Bertz CT molecular complexity index is 985. The molecule has 0 spiro atoms. The van der Waals surface area contributed by atoms with E-state index < -0.39 is 16.1 Å². The van der Waals surface area contributed by atoms with Crippen LogP contribution in [0, 0.1) is 5.92 Å². The molecular formula is C18H20BrN3O3S2. The summed E-state index contributed by atoms with van der Waals surface area (Å²) in [5.74, 6) is -0.0280. The first-order valence-corrected chi connectivity index (χ1v) is 11.7. The molecule has 0 saturated heterocycles. The fourth-order valence-electron chi connectivity index (χ4n) is 2.76. The van der Waals surface area contributed by atoms with Crippen molar-refractivity contribution in [1.29, 1.82) is 0 Å². The van der Waals surface area contributed by atoms with Gasteiger partial charge in [-0.3, -0.25) is 14.5 Å². The van der Waals surface area contributed by atoms with Gasteiger partial charge in [-0.1, -0.05) is 32.4 Å². The number of aliphatic imine (C=N–C) groups is 1. The summed E-state index contributed by atoms with van der Waals surface area (Å²) in [6.45, 7) is 4.33. The third-order valence-corrected chi connectivity index (χ3v) is 7.54. The second kappa shape index (κ2) is 8.12. The first-order valence-electron chi connectivity index (χ1n) is 8.52. The minimum atomic E-state index is -3.63. The van der Waals surface area contributed by atoms with Crippen molar-refractivity contribution in [3.05, 3.63) is 50.6 Å². The van der Waals surface area contributed by atoms with Crippen LogP contribution in [0.2, 0.25) is 0 Å². The molecule has 0 aliphatic carbocycles. The molecule has 2 atom stereocenters. The van der Waals surface area contributed by atoms with Crippen LogP contribution in [0.5, 0.6) is 0 Å². The van der Waals surface area contributed by atoms with E-state index in [1.54, 1.807) is 29.5 Å². The van der Waals surface area contributed by atoms with Gasteiger partial charge in [0.1, 0.15) is 11.9 Å². The van der Waals surface area contributed by atoms with Crippen LogP contribution in [-0.2, 0) is 21.4 Å². The van der Waals surface area contributed by atoms with Gasteiger partial charge in [0.05, 0.1) is 11.4 Å². The predicted molar refractivity (Wildman–Crippen MR) is 110 cm³/mol. The van der Waals surface area contributed by atoms with Crippen LogP contribution in [-0.4, -0.2) is 26.2 Å². The summed E-state index contributed by atoms with van der Waals surface area (Å²) in [7, 11) is -3.63. The number of amidine groups is 1. The molecule has 144 valence electrons. The molecule has 6 nitrogen and oxygen atoms in total. The van der Waals surface area contributed by atoms with Gasteiger partial charge in [-0.25, -0.2) is 8.42 Å². The highest BCUT2D eigenvalue weighted by atomic mass is 79.9. The zero-order chi connectivity index (χ0) is 19.6. The van der Waals surface area contributed by atoms with E-state index in [2.05, 4.69) is 31.0 Å². The molecule has 1 aromatic carbocycles. The molecule has 2 aromatic rings. The number of benzene rings is 1. The summed E-state index contributed by atoms with van der Waals surface area (Å²) in [4.78, 5) is 18.5. The molecule has 1 aliphatic rings. The second-order valence-corrected chi connectivity index (χ2v) is 9.92. The highest BCUT2D eigenvalue weighted by Gasteiger charge is 2.33. The maximum absolute atomic E-state index is 12.8. The normalized spacial score (nSPS) is 18.6. The lowest BCUT2D eigenvalue weighted by Gasteiger charge is -2.19. The lowest BCUT2D eigenvalue weighted by atomic mass is 9.98. The van der Waals surface area contributed by atoms with E-state index in [0.717, 1.165) is 15.8 Å². The van der Waals surface area contributed by atoms with Crippen molar-refractivity contribution in [1.82, 2.24) is 10.0 Å². The zero-order valence-corrected chi connectivity index (χ0v) is 18.1. The molecule has 1 aliphatic heterocycles. The average molecular weight is 470 g/mol. The summed E-state index contributed by atoms with van der Waals surface area (Å²) in [5, 5.41) is 4.87. The Morgan fingerprint density at radius 3 is 2.78 bits per heavy atom. The maximum atomic E-state index is 12.8. The Morgan fingerprint density at radius 1 is 1.37 bits per heavy atom. The minimum absolute atomic E-state index is 0.0372. The SMILES string of the molecule is CC[C@H](C)[C@H](N=C1NS(=O)(=O)c2ccccc21)C(=O)NCc1cc(Br)cs1. The fraction of sp³-hybridized carbons (Fsp3) is 0.333. The summed E-state index contributed by atoms with van der Waals surface area (Å²) >= 11 is 4.95. The van der Waals surface area contributed by atoms with Crippen molar-refractivity contribution in [2.45, 2.75) is 37.8 Å². The molecule has 0 bridgehead atoms. The van der Waals surface area contributed by atoms with Crippen LogP contribution in [0.1, 0.15) is 30.7 Å². The number of carbonyl (C=O) groups excluding carboxylic acids is 1. The average Bonchev–Trinajstić information content (AvgIpc) is 3.18. The number of fused-ring (bicyclic) bond motifs is 1. The number of carbonyl (C=O) groups is 1. The first-order chi connectivity index (χ1) is 12.8. The van der Waals surface area contributed by atoms with Gasteiger partial charge in [-0.15, -0.1) is 11.3 Å². The Morgan fingerprint density at radius 2 is 2.11 bits per heavy atom. The standard InChI is InChI=1S/C18H20BrN3O3S2/c1-3-11(2)16(18(23)20-9-13-8-12(19)10-26-13)21-17-14-6-4-5-7-15(14)27(24,25)22-17/h4-8,10-11,16H,3,9H2,1-2H3,(H,20,23)(H,21,22)/t11-,16-/m0/s1. The monoisotopic (exact) mass is 469 g/mol. The number of halogens is 1. The van der Waals surface area contributed by atoms with Crippen molar-refractivity contribution in [2.24, 2.45) is 10.9 Å². The number of rotatable bonds is 6. The Labute approximate surface area is 171 Å². The van der Waals surface area contributed by atoms with Gasteiger partial charge < -0.3 is 5.32 Å². The van der Waals surface area contributed by atoms with Crippen LogP contribution in [0.4, 0.5) is 0 Å². The van der Waals surface area contributed by atoms with Gasteiger partial charge in [0.2, 0.25) is 5.91 Å². The topological polar surface area (TPSA) is 87.6 Å². The van der Waals surface area contributed by atoms with E-state index in [1.165, 1.54) is 6.07 Å². The molecule has 2 N–H and O–H groups in total. The van der Waals surface area contributed by atoms with Crippen molar-refractivity contribution in [2.75, 3.05) is 0 Å². The number of hydrogen-bond donors (Lipinski definition) is 2. The fourth-order valence-corrected chi connectivity index (χ4v) is 5.39. The number of hydrogen-bond acceptors (Lipinski definition) is 5. The van der Waals surface area contributed by atoms with Gasteiger partial charge in [0, 0.05) is 20.3 Å². The zero-order valence-electron chi connectivity index (χ0n) is 14.9. The minimum Gasteiger partial charge on any atom is -0.349 e. The molecule has 0 saturated carbocycles. The predicted octanol–water partition coefficient (Wildman–Crippen LogP) is 3.28. The van der Waals surface area contributed by atoms with Crippen molar-refractivity contribution < 1.29 is 13.2 Å². The number of thiophene rings is 1. The van der Waals surface area contributed by atoms with Gasteiger partial charge in [-0.2, -0.15) is 0 Å². The van der Waals surface area contributed by atoms with E-state index in [4.69, 9.17) is 0 Å². The second-order valence-electron chi connectivity index (χ2n) is 6.36. The molecular weight excluding hydrogens is 450 g/mol. The van der Waals surface area contributed by atoms with Crippen LogP contribution in [0.15, 0.2) is 50.1 Å². The van der Waals surface area contributed by atoms with Crippen LogP contribution in [0.3, 0.4) is 0 Å². The first kappa shape index (κ1) is 20.0. The third kappa shape index (κ3) is 4.41. The smallest absolute Gasteiger partial charge is 0.263 e. The van der Waals surface area contributed by atoms with Gasteiger partial charge >= 0.3 is 0 Å². The van der Waals surface area contributed by atoms with E-state index in [1.807, 2.05) is 25.3 Å². The Hall–Kier alpha value is -1.71. The van der Waals surface area contributed by atoms with E-state index in [-0.39, 0.29) is 22.6 Å². The van der Waals surface area contributed by atoms with Crippen LogP contribution < -0.4 is 10.0 Å². The summed E-state index contributed by atoms with van der Waals surface area (Å²) < 4.78 is 28.0. The third-order valence-electron chi connectivity index (χ3n) is 4.44. The van der Waals surface area contributed by atoms with Crippen molar-refractivity contribution >= 4 is 49.0 Å². The van der Waals surface area contributed by atoms with Crippen LogP contribution in [0.25, 0.3) is 0 Å². The maximum Gasteiger partial charge on any atom is 0.263 e. The number of nitrogens with zero attached hydrogens (tertiary/aromatic N) is 1. The molecule has 0 fully saturated rings. The number of nitrogens with one attached hydrogen (secondary N) is 2. The largest absolute Gasteiger partial charge is 0.349 e. The van der Waals surface area contributed by atoms with Crippen molar-refractivity contribution in [3.63, 3.8) is 0 Å². The number of amides is 1. The highest BCUT2D eigenvalue weighted by Crippen LogP contribution is 2.24. The van der Waals surface area contributed by atoms with Gasteiger partial charge in [-0.05, 0) is 40.0 Å².